The lowest BCUT2D eigenvalue weighted by atomic mass is 9.61. The van der Waals surface area contributed by atoms with E-state index in [4.69, 9.17) is 8.22 Å². The van der Waals surface area contributed by atoms with Crippen molar-refractivity contribution in [3.63, 3.8) is 0 Å². The number of rotatable bonds is 5. The summed E-state index contributed by atoms with van der Waals surface area (Å²) in [5, 5.41) is 20.9. The monoisotopic (exact) mass is 418 g/mol. The van der Waals surface area contributed by atoms with E-state index in [-0.39, 0.29) is 17.4 Å². The van der Waals surface area contributed by atoms with Crippen molar-refractivity contribution in [2.24, 2.45) is 29.1 Å². The van der Waals surface area contributed by atoms with Gasteiger partial charge in [0.15, 0.2) is 0 Å². The van der Waals surface area contributed by atoms with E-state index in [1.165, 1.54) is 12.5 Å². The van der Waals surface area contributed by atoms with Crippen molar-refractivity contribution in [3.8, 4) is 0 Å². The Bertz CT molecular complexity index is 898. The van der Waals surface area contributed by atoms with Crippen molar-refractivity contribution in [1.29, 1.82) is 0 Å². The topological polar surface area (TPSA) is 40.5 Å². The molecule has 0 heterocycles. The molecule has 0 saturated heterocycles. The zero-order valence-electron chi connectivity index (χ0n) is 25.0. The van der Waals surface area contributed by atoms with Gasteiger partial charge >= 0.3 is 0 Å². The summed E-state index contributed by atoms with van der Waals surface area (Å²) >= 11 is 0. The highest BCUT2D eigenvalue weighted by atomic mass is 16.3. The first-order valence-electron chi connectivity index (χ1n) is 14.7. The van der Waals surface area contributed by atoms with Gasteiger partial charge in [0.1, 0.15) is 0 Å². The molecule has 168 valence electrons. The summed E-state index contributed by atoms with van der Waals surface area (Å²) in [6.07, 6.45) is 15.5. The normalized spacial score (nSPS) is 41.5. The molecule has 3 aliphatic rings. The van der Waals surface area contributed by atoms with Crippen LogP contribution >= 0.6 is 0 Å². The number of aliphatic hydroxyl groups is 2. The first-order chi connectivity index (χ1) is 16.5. The largest absolute Gasteiger partial charge is 0.393 e. The summed E-state index contributed by atoms with van der Waals surface area (Å²) < 4.78 is 46.2. The zero-order valence-corrected chi connectivity index (χ0v) is 19.0. The maximum atomic E-state index is 10.8. The third-order valence-electron chi connectivity index (χ3n) is 8.22. The van der Waals surface area contributed by atoms with Crippen LogP contribution in [0.4, 0.5) is 0 Å². The molecular weight excluding hydrogens is 368 g/mol. The van der Waals surface area contributed by atoms with Gasteiger partial charge in [0.25, 0.3) is 0 Å². The molecule has 30 heavy (non-hydrogen) atoms. The lowest BCUT2D eigenvalue weighted by molar-refractivity contribution is 0.0436. The molecule has 3 saturated carbocycles. The molecule has 3 fully saturated rings. The van der Waals surface area contributed by atoms with Gasteiger partial charge < -0.3 is 10.2 Å². The van der Waals surface area contributed by atoms with Gasteiger partial charge in [-0.15, -0.1) is 0 Å². The van der Waals surface area contributed by atoms with Crippen molar-refractivity contribution < 1.29 is 18.4 Å². The quantitative estimate of drug-likeness (QED) is 0.484. The maximum Gasteiger partial charge on any atom is 0.0651 e. The number of hydrogen-bond acceptors (Lipinski definition) is 2. The van der Waals surface area contributed by atoms with Crippen LogP contribution in [0.2, 0.25) is 0 Å². The van der Waals surface area contributed by atoms with Crippen LogP contribution < -0.4 is 0 Å². The molecule has 2 nitrogen and oxygen atoms in total. The van der Waals surface area contributed by atoms with Crippen LogP contribution in [0.15, 0.2) is 47.6 Å². The summed E-state index contributed by atoms with van der Waals surface area (Å²) in [6.45, 7) is 4.12. The lowest BCUT2D eigenvalue weighted by Gasteiger charge is -2.44. The lowest BCUT2D eigenvalue weighted by Crippen LogP contribution is -2.35. The van der Waals surface area contributed by atoms with E-state index < -0.39 is 25.2 Å². The van der Waals surface area contributed by atoms with Crippen LogP contribution in [0.25, 0.3) is 0 Å². The van der Waals surface area contributed by atoms with E-state index in [0.29, 0.717) is 18.3 Å². The molecule has 0 aromatic carbocycles. The summed E-state index contributed by atoms with van der Waals surface area (Å²) in [6, 6.07) is 0. The Labute approximate surface area is 193 Å². The highest BCUT2D eigenvalue weighted by Gasteiger charge is 2.50. The van der Waals surface area contributed by atoms with Gasteiger partial charge in [-0.2, -0.15) is 0 Å². The Morgan fingerprint density at radius 1 is 1.17 bits per heavy atom. The van der Waals surface area contributed by atoms with Crippen molar-refractivity contribution in [2.75, 3.05) is 0 Å². The number of allylic oxidation sites excluding steroid dienone is 5. The smallest absolute Gasteiger partial charge is 0.0651 e. The average Bonchev–Trinajstić information content (AvgIpc) is 3.13. The molecule has 3 rings (SSSR count). The summed E-state index contributed by atoms with van der Waals surface area (Å²) in [7, 11) is 0. The van der Waals surface area contributed by atoms with E-state index in [9.17, 15) is 10.2 Å². The van der Waals surface area contributed by atoms with Crippen molar-refractivity contribution in [3.05, 3.63) is 47.6 Å². The molecule has 0 aliphatic heterocycles. The second kappa shape index (κ2) is 9.17. The minimum Gasteiger partial charge on any atom is -0.393 e. The fourth-order valence-electron chi connectivity index (χ4n) is 6.15. The van der Waals surface area contributed by atoms with Gasteiger partial charge in [-0.05, 0) is 93.8 Å². The highest BCUT2D eigenvalue weighted by Crippen LogP contribution is 2.59. The third kappa shape index (κ3) is 5.02. The van der Waals surface area contributed by atoms with Crippen molar-refractivity contribution in [1.82, 2.24) is 0 Å². The molecule has 0 bridgehead atoms. The van der Waals surface area contributed by atoms with E-state index in [1.54, 1.807) is 6.08 Å². The van der Waals surface area contributed by atoms with Gasteiger partial charge in [-0.1, -0.05) is 62.8 Å². The van der Waals surface area contributed by atoms with Gasteiger partial charge in [0.05, 0.1) is 11.7 Å². The number of hydrogen-bond donors (Lipinski definition) is 2. The molecule has 2 N–H and O–H groups in total. The SMILES string of the molecule is [2H]C([2H])([2H])C(O)([C@@H](C)/C=C/[C@@H](C)[C@H]1CC[C@H]2C(=CC=C3C[C@@H](O)CCC3=C)CCC[C@]12C)C([2H])([2H])[2H]. The molecular formula is C28H44O2. The molecule has 6 atom stereocenters. The fourth-order valence-corrected chi connectivity index (χ4v) is 6.15. The molecule has 0 unspecified atom stereocenters. The molecule has 0 radical (unpaired) electrons. The first-order valence-corrected chi connectivity index (χ1v) is 11.7. The van der Waals surface area contributed by atoms with Gasteiger partial charge in [0, 0.05) is 14.1 Å². The predicted octanol–water partition coefficient (Wildman–Crippen LogP) is 6.76. The molecule has 0 aromatic rings. The third-order valence-corrected chi connectivity index (χ3v) is 8.22. The maximum absolute atomic E-state index is 10.8. The van der Waals surface area contributed by atoms with Gasteiger partial charge in [-0.25, -0.2) is 0 Å². The van der Waals surface area contributed by atoms with Crippen LogP contribution in [0.1, 0.15) is 94.1 Å². The Hall–Kier alpha value is -1.12. The van der Waals surface area contributed by atoms with Crippen LogP contribution in [0.3, 0.4) is 0 Å². The molecule has 2 heteroatoms. The van der Waals surface area contributed by atoms with Crippen molar-refractivity contribution in [2.45, 2.75) is 97.5 Å². The van der Waals surface area contributed by atoms with Crippen LogP contribution in [0.5, 0.6) is 0 Å². The Morgan fingerprint density at radius 2 is 1.93 bits per heavy atom. The van der Waals surface area contributed by atoms with Crippen LogP contribution in [0, 0.1) is 29.1 Å². The Morgan fingerprint density at radius 3 is 2.67 bits per heavy atom. The molecule has 0 spiro atoms. The highest BCUT2D eigenvalue weighted by molar-refractivity contribution is 5.36. The van der Waals surface area contributed by atoms with E-state index >= 15 is 0 Å². The molecule has 0 amide bonds. The predicted molar refractivity (Wildman–Crippen MR) is 127 cm³/mol. The first kappa shape index (κ1) is 16.5. The number of fused-ring (bicyclic) bond motifs is 1. The molecule has 0 aromatic heterocycles. The van der Waals surface area contributed by atoms with Gasteiger partial charge in [0.2, 0.25) is 0 Å². The van der Waals surface area contributed by atoms with E-state index in [2.05, 4.69) is 32.6 Å². The van der Waals surface area contributed by atoms with Gasteiger partial charge in [-0.3, -0.25) is 0 Å². The number of aliphatic hydroxyl groups excluding tert-OH is 1. The minimum atomic E-state index is -3.02. The van der Waals surface area contributed by atoms with Crippen LogP contribution in [-0.4, -0.2) is 21.9 Å². The Kier molecular flexibility index (Phi) is 5.04. The second-order valence-electron chi connectivity index (χ2n) is 10.3. The fraction of sp³-hybridized carbons (Fsp3) is 0.714. The second-order valence-corrected chi connectivity index (χ2v) is 10.3. The average molecular weight is 419 g/mol. The minimum absolute atomic E-state index is 0.114. The zero-order chi connectivity index (χ0) is 27.1. The van der Waals surface area contributed by atoms with Crippen molar-refractivity contribution >= 4 is 0 Å². The summed E-state index contributed by atoms with van der Waals surface area (Å²) in [4.78, 5) is 0. The standard InChI is InChI=1S/C28H44O2/c1-19-10-14-24(29)18-23(19)13-12-22-8-7-17-28(6)25(15-16-26(22)28)20(2)9-11-21(3)27(4,5)30/h9,11-13,20-21,24-26,29-30H,1,7-8,10,14-18H2,2-6H3/b11-9+,22-12?,23-13?/t20-,21+,24+,25-,26+,28-/m1/s1/i4D3,5D3. The van der Waals surface area contributed by atoms with Crippen LogP contribution in [-0.2, 0) is 0 Å². The molecule has 3 aliphatic carbocycles. The Balaban J connectivity index is 1.78. The van der Waals surface area contributed by atoms with E-state index in [1.807, 2.05) is 6.08 Å². The summed E-state index contributed by atoms with van der Waals surface area (Å²) in [5.41, 5.74) is 1.08. The van der Waals surface area contributed by atoms with E-state index in [0.717, 1.165) is 56.1 Å². The summed E-state index contributed by atoms with van der Waals surface area (Å²) in [5.74, 6) is -0.0459.